The monoisotopic (exact) mass is 257 g/mol. The third kappa shape index (κ3) is 4.22. The molecule has 1 heterocycles. The summed E-state index contributed by atoms with van der Waals surface area (Å²) in [6.45, 7) is 9.43. The Hall–Kier alpha value is -1.30. The van der Waals surface area contributed by atoms with Crippen LogP contribution in [0.3, 0.4) is 0 Å². The Morgan fingerprint density at radius 1 is 1.47 bits per heavy atom. The lowest BCUT2D eigenvalue weighted by molar-refractivity contribution is 0.0636. The van der Waals surface area contributed by atoms with Crippen LogP contribution in [0.2, 0.25) is 0 Å². The summed E-state index contributed by atoms with van der Waals surface area (Å²) in [5.41, 5.74) is 6.10. The molecule has 0 aliphatic carbocycles. The highest BCUT2D eigenvalue weighted by molar-refractivity contribution is 7.19. The van der Waals surface area contributed by atoms with E-state index in [1.807, 2.05) is 34.6 Å². The van der Waals surface area contributed by atoms with Crippen molar-refractivity contribution in [3.05, 3.63) is 5.69 Å². The molecule has 0 aliphatic heterocycles. The van der Waals surface area contributed by atoms with Crippen LogP contribution in [-0.4, -0.2) is 16.7 Å². The Labute approximate surface area is 105 Å². The molecule has 5 nitrogen and oxygen atoms in total. The van der Waals surface area contributed by atoms with Gasteiger partial charge in [-0.25, -0.2) is 9.78 Å². The van der Waals surface area contributed by atoms with Gasteiger partial charge >= 0.3 is 6.09 Å². The predicted octanol–water partition coefficient (Wildman–Crippen LogP) is 3.20. The highest BCUT2D eigenvalue weighted by atomic mass is 32.1. The number of nitrogen functional groups attached to an aromatic ring is 1. The van der Waals surface area contributed by atoms with E-state index in [0.29, 0.717) is 10.1 Å². The van der Waals surface area contributed by atoms with Crippen molar-refractivity contribution in [3.63, 3.8) is 0 Å². The van der Waals surface area contributed by atoms with Crippen molar-refractivity contribution in [3.8, 4) is 0 Å². The van der Waals surface area contributed by atoms with Gasteiger partial charge in [0.15, 0.2) is 5.13 Å². The van der Waals surface area contributed by atoms with Crippen molar-refractivity contribution in [1.29, 1.82) is 0 Å². The normalized spacial score (nSPS) is 11.6. The molecule has 0 aliphatic rings. The summed E-state index contributed by atoms with van der Waals surface area (Å²) in [7, 11) is 0. The van der Waals surface area contributed by atoms with Crippen LogP contribution in [-0.2, 0) is 4.74 Å². The molecule has 1 aromatic heterocycles. The average Bonchev–Trinajstić information content (AvgIpc) is 2.42. The number of ether oxygens (including phenoxy) is 1. The standard InChI is InChI=1S/C11H19N3O2S/c1-6(2)7-8(12)17-9(13-7)14-10(15)16-11(3,4)5/h6H,12H2,1-5H3,(H,13,14,15). The fourth-order valence-corrected chi connectivity index (χ4v) is 2.07. The fourth-order valence-electron chi connectivity index (χ4n) is 1.20. The maximum absolute atomic E-state index is 11.5. The second-order valence-electron chi connectivity index (χ2n) is 5.05. The van der Waals surface area contributed by atoms with E-state index in [4.69, 9.17) is 10.5 Å². The number of nitrogens with one attached hydrogen (secondary N) is 1. The van der Waals surface area contributed by atoms with Crippen LogP contribution in [0.15, 0.2) is 0 Å². The quantitative estimate of drug-likeness (QED) is 0.853. The number of anilines is 2. The maximum atomic E-state index is 11.5. The minimum Gasteiger partial charge on any atom is -0.444 e. The molecule has 0 spiro atoms. The van der Waals surface area contributed by atoms with Crippen LogP contribution in [0.4, 0.5) is 14.9 Å². The van der Waals surface area contributed by atoms with Crippen LogP contribution in [0.25, 0.3) is 0 Å². The van der Waals surface area contributed by atoms with Crippen LogP contribution < -0.4 is 11.1 Å². The zero-order valence-corrected chi connectivity index (χ0v) is 11.6. The van der Waals surface area contributed by atoms with E-state index in [-0.39, 0.29) is 5.92 Å². The number of hydrogen-bond donors (Lipinski definition) is 2. The molecule has 1 amide bonds. The van der Waals surface area contributed by atoms with Crippen LogP contribution >= 0.6 is 11.3 Å². The number of aromatic nitrogens is 1. The first kappa shape index (κ1) is 13.8. The number of rotatable bonds is 2. The molecule has 0 saturated carbocycles. The molecule has 0 saturated heterocycles. The van der Waals surface area contributed by atoms with Gasteiger partial charge in [0.2, 0.25) is 0 Å². The molecule has 0 fully saturated rings. The third-order valence-corrected chi connectivity index (χ3v) is 2.65. The van der Waals surface area contributed by atoms with Crippen molar-refractivity contribution in [2.45, 2.75) is 46.1 Å². The number of carbonyl (C=O) groups excluding carboxylic acids is 1. The summed E-state index contributed by atoms with van der Waals surface area (Å²) in [5.74, 6) is 0.237. The maximum Gasteiger partial charge on any atom is 0.413 e. The van der Waals surface area contributed by atoms with E-state index in [1.54, 1.807) is 0 Å². The van der Waals surface area contributed by atoms with Gasteiger partial charge < -0.3 is 10.5 Å². The number of carbonyl (C=O) groups is 1. The Bertz CT molecular complexity index is 407. The Morgan fingerprint density at radius 2 is 2.06 bits per heavy atom. The first-order chi connectivity index (χ1) is 7.69. The SMILES string of the molecule is CC(C)c1nc(NC(=O)OC(C)(C)C)sc1N. The Kier molecular flexibility index (Phi) is 3.98. The first-order valence-corrected chi connectivity index (χ1v) is 6.27. The van der Waals surface area contributed by atoms with E-state index in [9.17, 15) is 4.79 Å². The summed E-state index contributed by atoms with van der Waals surface area (Å²) in [4.78, 5) is 15.8. The van der Waals surface area contributed by atoms with Gasteiger partial charge in [-0.15, -0.1) is 0 Å². The fraction of sp³-hybridized carbons (Fsp3) is 0.636. The van der Waals surface area contributed by atoms with Gasteiger partial charge in [-0.1, -0.05) is 25.2 Å². The average molecular weight is 257 g/mol. The zero-order valence-electron chi connectivity index (χ0n) is 10.8. The van der Waals surface area contributed by atoms with E-state index >= 15 is 0 Å². The third-order valence-electron chi connectivity index (χ3n) is 1.84. The van der Waals surface area contributed by atoms with Crippen molar-refractivity contribution < 1.29 is 9.53 Å². The molecule has 0 radical (unpaired) electrons. The largest absolute Gasteiger partial charge is 0.444 e. The lowest BCUT2D eigenvalue weighted by Crippen LogP contribution is -2.27. The molecular weight excluding hydrogens is 238 g/mol. The summed E-state index contributed by atoms with van der Waals surface area (Å²) in [6, 6.07) is 0. The van der Waals surface area contributed by atoms with Gasteiger partial charge in [-0.3, -0.25) is 5.32 Å². The molecule has 0 unspecified atom stereocenters. The van der Waals surface area contributed by atoms with E-state index in [0.717, 1.165) is 5.69 Å². The van der Waals surface area contributed by atoms with Crippen molar-refractivity contribution in [2.75, 3.05) is 11.1 Å². The summed E-state index contributed by atoms with van der Waals surface area (Å²) in [5, 5.41) is 3.68. The highest BCUT2D eigenvalue weighted by Gasteiger charge is 2.18. The highest BCUT2D eigenvalue weighted by Crippen LogP contribution is 2.30. The molecule has 3 N–H and O–H groups in total. The van der Waals surface area contributed by atoms with Gasteiger partial charge in [0.05, 0.1) is 5.69 Å². The number of amides is 1. The topological polar surface area (TPSA) is 77.2 Å². The molecule has 1 aromatic rings. The lowest BCUT2D eigenvalue weighted by Gasteiger charge is -2.18. The summed E-state index contributed by atoms with van der Waals surface area (Å²) in [6.07, 6.45) is -0.512. The Balaban J connectivity index is 2.70. The molecule has 6 heteroatoms. The number of hydrogen-bond acceptors (Lipinski definition) is 5. The van der Waals surface area contributed by atoms with Gasteiger partial charge in [0.1, 0.15) is 10.6 Å². The van der Waals surface area contributed by atoms with Crippen molar-refractivity contribution in [1.82, 2.24) is 4.98 Å². The number of nitrogens with zero attached hydrogens (tertiary/aromatic N) is 1. The number of nitrogens with two attached hydrogens (primary N) is 1. The molecule has 0 atom stereocenters. The van der Waals surface area contributed by atoms with Crippen molar-refractivity contribution >= 4 is 27.6 Å². The minimum atomic E-state index is -0.520. The molecule has 0 aromatic carbocycles. The molecule has 1 rings (SSSR count). The molecule has 17 heavy (non-hydrogen) atoms. The second-order valence-corrected chi connectivity index (χ2v) is 6.08. The lowest BCUT2D eigenvalue weighted by atomic mass is 10.1. The molecular formula is C11H19N3O2S. The number of thiazole rings is 1. The summed E-state index contributed by atoms with van der Waals surface area (Å²) >= 11 is 1.25. The van der Waals surface area contributed by atoms with E-state index in [2.05, 4.69) is 10.3 Å². The van der Waals surface area contributed by atoms with Gasteiger partial charge in [-0.05, 0) is 26.7 Å². The van der Waals surface area contributed by atoms with E-state index < -0.39 is 11.7 Å². The van der Waals surface area contributed by atoms with E-state index in [1.165, 1.54) is 11.3 Å². The van der Waals surface area contributed by atoms with Crippen LogP contribution in [0.5, 0.6) is 0 Å². The zero-order chi connectivity index (χ0) is 13.2. The van der Waals surface area contributed by atoms with Crippen LogP contribution in [0.1, 0.15) is 46.2 Å². The van der Waals surface area contributed by atoms with Gasteiger partial charge in [0.25, 0.3) is 0 Å². The second kappa shape index (κ2) is 4.91. The summed E-state index contributed by atoms with van der Waals surface area (Å²) < 4.78 is 5.13. The predicted molar refractivity (Wildman–Crippen MR) is 70.5 cm³/mol. The van der Waals surface area contributed by atoms with Crippen LogP contribution in [0, 0.1) is 0 Å². The minimum absolute atomic E-state index is 0.237. The van der Waals surface area contributed by atoms with Gasteiger partial charge in [0, 0.05) is 0 Å². The van der Waals surface area contributed by atoms with Crippen molar-refractivity contribution in [2.24, 2.45) is 0 Å². The smallest absolute Gasteiger partial charge is 0.413 e. The molecule has 96 valence electrons. The first-order valence-electron chi connectivity index (χ1n) is 5.45. The van der Waals surface area contributed by atoms with Gasteiger partial charge in [-0.2, -0.15) is 0 Å². The molecule has 0 bridgehead atoms. The Morgan fingerprint density at radius 3 is 2.47 bits per heavy atom.